The van der Waals surface area contributed by atoms with Crippen LogP contribution < -0.4 is 11.1 Å². The van der Waals surface area contributed by atoms with E-state index in [4.69, 9.17) is 5.73 Å². The van der Waals surface area contributed by atoms with E-state index in [9.17, 15) is 5.11 Å². The van der Waals surface area contributed by atoms with E-state index in [1.807, 2.05) is 12.1 Å². The van der Waals surface area contributed by atoms with Gasteiger partial charge in [0, 0.05) is 29.7 Å². The molecule has 0 bridgehead atoms. The van der Waals surface area contributed by atoms with Crippen molar-refractivity contribution in [3.8, 4) is 0 Å². The van der Waals surface area contributed by atoms with Gasteiger partial charge in [-0.1, -0.05) is 13.8 Å². The molecule has 4 N–H and O–H groups in total. The molecule has 5 heteroatoms. The molecule has 0 saturated heterocycles. The lowest BCUT2D eigenvalue weighted by Gasteiger charge is -2.04. The highest BCUT2D eigenvalue weighted by Crippen LogP contribution is 2.16. The number of aromatic nitrogens is 1. The van der Waals surface area contributed by atoms with Gasteiger partial charge >= 0.3 is 0 Å². The fourth-order valence-corrected chi connectivity index (χ4v) is 1.71. The second-order valence-electron chi connectivity index (χ2n) is 4.62. The highest BCUT2D eigenvalue weighted by molar-refractivity contribution is 5.83. The summed E-state index contributed by atoms with van der Waals surface area (Å²) in [5, 5.41) is 12.4. The van der Waals surface area contributed by atoms with E-state index >= 15 is 0 Å². The van der Waals surface area contributed by atoms with Gasteiger partial charge in [-0.2, -0.15) is 0 Å². The number of pyridine rings is 1. The Hall–Kier alpha value is -1.72. The van der Waals surface area contributed by atoms with Crippen LogP contribution in [0.5, 0.6) is 0 Å². The van der Waals surface area contributed by atoms with Crippen molar-refractivity contribution in [2.45, 2.75) is 26.0 Å². The van der Waals surface area contributed by atoms with Gasteiger partial charge in [-0.05, 0) is 18.1 Å². The summed E-state index contributed by atoms with van der Waals surface area (Å²) in [5.74, 6) is 0.405. The smallest absolute Gasteiger partial charge is 0.134 e. The van der Waals surface area contributed by atoms with Crippen LogP contribution in [0.2, 0.25) is 0 Å². The topological polar surface area (TPSA) is 83.5 Å². The molecule has 1 unspecified atom stereocenters. The normalized spacial score (nSPS) is 20.3. The first-order chi connectivity index (χ1) is 8.58. The summed E-state index contributed by atoms with van der Waals surface area (Å²) in [6, 6.07) is 3.86. The molecule has 96 valence electrons. The van der Waals surface area contributed by atoms with Crippen molar-refractivity contribution >= 4 is 11.9 Å². The van der Waals surface area contributed by atoms with Crippen molar-refractivity contribution in [2.24, 2.45) is 10.7 Å². The molecule has 0 aliphatic carbocycles. The number of nitrogens with one attached hydrogen (secondary N) is 1. The van der Waals surface area contributed by atoms with Crippen LogP contribution in [0.3, 0.4) is 0 Å². The summed E-state index contributed by atoms with van der Waals surface area (Å²) in [5.41, 5.74) is 8.78. The minimum atomic E-state index is -0.725. The zero-order valence-corrected chi connectivity index (χ0v) is 10.6. The van der Waals surface area contributed by atoms with Crippen molar-refractivity contribution < 1.29 is 5.11 Å². The molecule has 2 heterocycles. The van der Waals surface area contributed by atoms with Crippen LogP contribution >= 0.6 is 0 Å². The summed E-state index contributed by atoms with van der Waals surface area (Å²) >= 11 is 0. The molecule has 0 spiro atoms. The van der Waals surface area contributed by atoms with Crippen molar-refractivity contribution in [1.29, 1.82) is 0 Å². The maximum absolute atomic E-state index is 9.60. The van der Waals surface area contributed by atoms with Gasteiger partial charge in [0.15, 0.2) is 0 Å². The molecule has 1 aliphatic rings. The Kier molecular flexibility index (Phi) is 3.74. The first-order valence-corrected chi connectivity index (χ1v) is 5.98. The van der Waals surface area contributed by atoms with Crippen molar-refractivity contribution in [3.05, 3.63) is 35.3 Å². The molecular weight excluding hydrogens is 228 g/mol. The van der Waals surface area contributed by atoms with Crippen LogP contribution in [0.15, 0.2) is 34.6 Å². The SMILES string of the molecule is CC(C)c1ccc(N=CC2=C(N)CNC2O)cn1. The first-order valence-electron chi connectivity index (χ1n) is 5.98. The molecule has 1 atom stereocenters. The number of rotatable bonds is 3. The number of aliphatic hydroxyl groups excluding tert-OH is 1. The number of hydrogen-bond acceptors (Lipinski definition) is 5. The standard InChI is InChI=1S/C13H18N4O/c1-8(2)12-4-3-9(5-16-12)15-6-10-11(14)7-17-13(10)18/h3-6,8,13,17-18H,7,14H2,1-2H3. The lowest BCUT2D eigenvalue weighted by atomic mass is 10.1. The van der Waals surface area contributed by atoms with Crippen LogP contribution in [0, 0.1) is 0 Å². The lowest BCUT2D eigenvalue weighted by molar-refractivity contribution is 0.194. The van der Waals surface area contributed by atoms with E-state index < -0.39 is 6.23 Å². The molecular formula is C13H18N4O. The van der Waals surface area contributed by atoms with Crippen LogP contribution in [0.1, 0.15) is 25.5 Å². The number of nitrogens with two attached hydrogens (primary N) is 1. The summed E-state index contributed by atoms with van der Waals surface area (Å²) in [6.07, 6.45) is 2.58. The van der Waals surface area contributed by atoms with Crippen molar-refractivity contribution in [1.82, 2.24) is 10.3 Å². The van der Waals surface area contributed by atoms with Gasteiger partial charge in [0.1, 0.15) is 6.23 Å². The summed E-state index contributed by atoms with van der Waals surface area (Å²) in [7, 11) is 0. The van der Waals surface area contributed by atoms with Crippen LogP contribution in [-0.4, -0.2) is 29.1 Å². The zero-order chi connectivity index (χ0) is 13.1. The Labute approximate surface area is 106 Å². The molecule has 2 rings (SSSR count). The number of aliphatic hydroxyl groups is 1. The Balaban J connectivity index is 2.12. The van der Waals surface area contributed by atoms with E-state index in [2.05, 4.69) is 29.1 Å². The highest BCUT2D eigenvalue weighted by Gasteiger charge is 2.18. The minimum absolute atomic E-state index is 0.405. The van der Waals surface area contributed by atoms with Crippen molar-refractivity contribution in [3.63, 3.8) is 0 Å². The number of hydrogen-bond donors (Lipinski definition) is 3. The lowest BCUT2D eigenvalue weighted by Crippen LogP contribution is -2.24. The molecule has 0 saturated carbocycles. The Morgan fingerprint density at radius 1 is 1.56 bits per heavy atom. The average Bonchev–Trinajstić information content (AvgIpc) is 2.67. The molecule has 18 heavy (non-hydrogen) atoms. The third kappa shape index (κ3) is 2.75. The van der Waals surface area contributed by atoms with Crippen molar-refractivity contribution in [2.75, 3.05) is 6.54 Å². The van der Waals surface area contributed by atoms with E-state index in [1.54, 1.807) is 12.4 Å². The first kappa shape index (κ1) is 12.7. The van der Waals surface area contributed by atoms with Gasteiger partial charge < -0.3 is 10.8 Å². The fourth-order valence-electron chi connectivity index (χ4n) is 1.71. The monoisotopic (exact) mass is 246 g/mol. The summed E-state index contributed by atoms with van der Waals surface area (Å²) in [6.45, 7) is 4.68. The predicted octanol–water partition coefficient (Wildman–Crippen LogP) is 1.04. The second kappa shape index (κ2) is 5.29. The predicted molar refractivity (Wildman–Crippen MR) is 71.7 cm³/mol. The number of aliphatic imine (C=N–C) groups is 1. The molecule has 5 nitrogen and oxygen atoms in total. The maximum Gasteiger partial charge on any atom is 0.134 e. The van der Waals surface area contributed by atoms with Gasteiger partial charge in [0.25, 0.3) is 0 Å². The summed E-state index contributed by atoms with van der Waals surface area (Å²) < 4.78 is 0. The van der Waals surface area contributed by atoms with Gasteiger partial charge in [-0.25, -0.2) is 0 Å². The van der Waals surface area contributed by atoms with E-state index in [-0.39, 0.29) is 0 Å². The molecule has 0 aromatic carbocycles. The average molecular weight is 246 g/mol. The Morgan fingerprint density at radius 2 is 2.33 bits per heavy atom. The molecule has 1 aromatic rings. The highest BCUT2D eigenvalue weighted by atomic mass is 16.3. The molecule has 0 fully saturated rings. The summed E-state index contributed by atoms with van der Waals surface area (Å²) in [4.78, 5) is 8.59. The van der Waals surface area contributed by atoms with E-state index in [1.165, 1.54) is 0 Å². The zero-order valence-electron chi connectivity index (χ0n) is 10.6. The van der Waals surface area contributed by atoms with Gasteiger partial charge in [-0.15, -0.1) is 0 Å². The molecule has 1 aliphatic heterocycles. The van der Waals surface area contributed by atoms with E-state index in [0.717, 1.165) is 11.4 Å². The largest absolute Gasteiger partial charge is 0.401 e. The number of nitrogens with zero attached hydrogens (tertiary/aromatic N) is 2. The van der Waals surface area contributed by atoms with Gasteiger partial charge in [0.2, 0.25) is 0 Å². The van der Waals surface area contributed by atoms with Gasteiger partial charge in [0.05, 0.1) is 11.9 Å². The van der Waals surface area contributed by atoms with Crippen LogP contribution in [-0.2, 0) is 0 Å². The maximum atomic E-state index is 9.60. The molecule has 1 aromatic heterocycles. The Morgan fingerprint density at radius 3 is 2.83 bits per heavy atom. The second-order valence-corrected chi connectivity index (χ2v) is 4.62. The van der Waals surface area contributed by atoms with Crippen LogP contribution in [0.25, 0.3) is 0 Å². The minimum Gasteiger partial charge on any atom is -0.401 e. The van der Waals surface area contributed by atoms with Crippen LogP contribution in [0.4, 0.5) is 5.69 Å². The molecule has 0 amide bonds. The van der Waals surface area contributed by atoms with Gasteiger partial charge in [-0.3, -0.25) is 15.3 Å². The third-order valence-electron chi connectivity index (χ3n) is 2.87. The Bertz CT molecular complexity index is 476. The third-order valence-corrected chi connectivity index (χ3v) is 2.87. The molecule has 0 radical (unpaired) electrons. The fraction of sp³-hybridized carbons (Fsp3) is 0.385. The van der Waals surface area contributed by atoms with E-state index in [0.29, 0.717) is 23.7 Å². The quantitative estimate of drug-likeness (QED) is 0.696.